The van der Waals surface area contributed by atoms with Gasteiger partial charge >= 0.3 is 0 Å². The summed E-state index contributed by atoms with van der Waals surface area (Å²) < 4.78 is 36.2. The Balaban J connectivity index is 2.10. The standard InChI is InChI=1S/C20H26N2O5S/c1-14-6-8-16(28(24,25)22(2)3)13-17(14)20(23)21-11-10-15-7-9-18(26-4)19(12-15)27-5/h6-9,12-13H,10-11H2,1-5H3,(H,21,23). The maximum absolute atomic E-state index is 12.6. The Morgan fingerprint density at radius 1 is 1.04 bits per heavy atom. The molecule has 0 heterocycles. The lowest BCUT2D eigenvalue weighted by Crippen LogP contribution is -2.27. The summed E-state index contributed by atoms with van der Waals surface area (Å²) in [7, 11) is 2.46. The lowest BCUT2D eigenvalue weighted by atomic mass is 10.1. The normalized spacial score (nSPS) is 11.4. The van der Waals surface area contributed by atoms with Crippen LogP contribution in [0.1, 0.15) is 21.5 Å². The second-order valence-electron chi connectivity index (χ2n) is 6.46. The van der Waals surface area contributed by atoms with Gasteiger partial charge in [-0.25, -0.2) is 12.7 Å². The third-order valence-corrected chi connectivity index (χ3v) is 6.19. The number of aryl methyl sites for hydroxylation is 1. The quantitative estimate of drug-likeness (QED) is 0.727. The highest BCUT2D eigenvalue weighted by Gasteiger charge is 2.20. The molecular weight excluding hydrogens is 380 g/mol. The van der Waals surface area contributed by atoms with E-state index in [9.17, 15) is 13.2 Å². The molecule has 0 aliphatic heterocycles. The number of carbonyl (C=O) groups is 1. The average molecular weight is 407 g/mol. The minimum atomic E-state index is -3.60. The third kappa shape index (κ3) is 4.82. The maximum atomic E-state index is 12.6. The van der Waals surface area contributed by atoms with Crippen LogP contribution in [0, 0.1) is 6.92 Å². The van der Waals surface area contributed by atoms with Crippen LogP contribution >= 0.6 is 0 Å². The number of nitrogens with zero attached hydrogens (tertiary/aromatic N) is 1. The van der Waals surface area contributed by atoms with Crippen LogP contribution in [-0.2, 0) is 16.4 Å². The van der Waals surface area contributed by atoms with Crippen molar-refractivity contribution in [3.8, 4) is 11.5 Å². The summed E-state index contributed by atoms with van der Waals surface area (Å²) in [5.74, 6) is 0.961. The number of hydrogen-bond donors (Lipinski definition) is 1. The molecule has 0 saturated heterocycles. The molecule has 0 spiro atoms. The molecule has 152 valence electrons. The molecule has 2 aromatic rings. The Labute approximate surface area is 166 Å². The SMILES string of the molecule is COc1ccc(CCNC(=O)c2cc(S(=O)(=O)N(C)C)ccc2C)cc1OC. The first-order valence-corrected chi connectivity index (χ1v) is 10.2. The van der Waals surface area contributed by atoms with E-state index in [-0.39, 0.29) is 10.8 Å². The van der Waals surface area contributed by atoms with Crippen molar-refractivity contribution in [2.45, 2.75) is 18.2 Å². The van der Waals surface area contributed by atoms with Gasteiger partial charge in [0.15, 0.2) is 11.5 Å². The largest absolute Gasteiger partial charge is 0.493 e. The molecule has 2 aromatic carbocycles. The van der Waals surface area contributed by atoms with Crippen molar-refractivity contribution in [2.75, 3.05) is 34.9 Å². The zero-order chi connectivity index (χ0) is 20.9. The highest BCUT2D eigenvalue weighted by Crippen LogP contribution is 2.27. The molecule has 1 N–H and O–H groups in total. The van der Waals surface area contributed by atoms with Crippen LogP contribution in [0.15, 0.2) is 41.3 Å². The Kier molecular flexibility index (Phi) is 7.04. The molecule has 0 bridgehead atoms. The number of rotatable bonds is 8. The highest BCUT2D eigenvalue weighted by atomic mass is 32.2. The average Bonchev–Trinajstić information content (AvgIpc) is 2.67. The summed E-state index contributed by atoms with van der Waals surface area (Å²) in [6.07, 6.45) is 0.598. The van der Waals surface area contributed by atoms with Gasteiger partial charge in [0.05, 0.1) is 19.1 Å². The molecule has 0 aliphatic rings. The van der Waals surface area contributed by atoms with Gasteiger partial charge in [0.1, 0.15) is 0 Å². The van der Waals surface area contributed by atoms with E-state index < -0.39 is 10.0 Å². The van der Waals surface area contributed by atoms with Crippen molar-refractivity contribution in [1.29, 1.82) is 0 Å². The summed E-state index contributed by atoms with van der Waals surface area (Å²) in [5.41, 5.74) is 2.04. The number of methoxy groups -OCH3 is 2. The summed E-state index contributed by atoms with van der Waals surface area (Å²) >= 11 is 0. The van der Waals surface area contributed by atoms with E-state index in [1.54, 1.807) is 27.2 Å². The Morgan fingerprint density at radius 2 is 1.71 bits per heavy atom. The zero-order valence-electron chi connectivity index (χ0n) is 16.8. The third-order valence-electron chi connectivity index (χ3n) is 4.38. The highest BCUT2D eigenvalue weighted by molar-refractivity contribution is 7.89. The van der Waals surface area contributed by atoms with Crippen LogP contribution in [0.5, 0.6) is 11.5 Å². The molecule has 0 fully saturated rings. The molecular formula is C20H26N2O5S. The van der Waals surface area contributed by atoms with E-state index >= 15 is 0 Å². The molecule has 0 unspecified atom stereocenters. The number of sulfonamides is 1. The molecule has 0 radical (unpaired) electrons. The Hall–Kier alpha value is -2.58. The number of carbonyl (C=O) groups excluding carboxylic acids is 1. The lowest BCUT2D eigenvalue weighted by Gasteiger charge is -2.14. The van der Waals surface area contributed by atoms with Gasteiger partial charge in [-0.1, -0.05) is 12.1 Å². The molecule has 2 rings (SSSR count). The Bertz CT molecular complexity index is 955. The van der Waals surface area contributed by atoms with Crippen molar-refractivity contribution in [2.24, 2.45) is 0 Å². The number of hydrogen-bond acceptors (Lipinski definition) is 5. The van der Waals surface area contributed by atoms with Gasteiger partial charge in [-0.15, -0.1) is 0 Å². The predicted molar refractivity (Wildman–Crippen MR) is 108 cm³/mol. The van der Waals surface area contributed by atoms with Gasteiger partial charge in [0.25, 0.3) is 5.91 Å². The van der Waals surface area contributed by atoms with Crippen LogP contribution in [0.25, 0.3) is 0 Å². The number of benzene rings is 2. The van der Waals surface area contributed by atoms with Gasteiger partial charge in [-0.05, 0) is 48.7 Å². The molecule has 1 amide bonds. The van der Waals surface area contributed by atoms with E-state index in [0.717, 1.165) is 9.87 Å². The predicted octanol–water partition coefficient (Wildman–Crippen LogP) is 2.24. The summed E-state index contributed by atoms with van der Waals surface area (Å²) in [4.78, 5) is 12.7. The van der Waals surface area contributed by atoms with E-state index in [1.807, 2.05) is 18.2 Å². The van der Waals surface area contributed by atoms with Crippen molar-refractivity contribution in [3.63, 3.8) is 0 Å². The van der Waals surface area contributed by atoms with Crippen LogP contribution in [-0.4, -0.2) is 53.5 Å². The van der Waals surface area contributed by atoms with Crippen LogP contribution in [0.3, 0.4) is 0 Å². The second kappa shape index (κ2) is 9.07. The number of ether oxygens (including phenoxy) is 2. The van der Waals surface area contributed by atoms with Gasteiger partial charge in [-0.2, -0.15) is 0 Å². The first-order chi connectivity index (χ1) is 13.2. The van der Waals surface area contributed by atoms with Crippen molar-refractivity contribution in [1.82, 2.24) is 9.62 Å². The number of nitrogens with one attached hydrogen (secondary N) is 1. The fourth-order valence-corrected chi connectivity index (χ4v) is 3.60. The molecule has 0 atom stereocenters. The monoisotopic (exact) mass is 406 g/mol. The van der Waals surface area contributed by atoms with Crippen molar-refractivity contribution >= 4 is 15.9 Å². The van der Waals surface area contributed by atoms with Gasteiger partial charge in [-0.3, -0.25) is 4.79 Å². The number of amides is 1. The Morgan fingerprint density at radius 3 is 2.32 bits per heavy atom. The smallest absolute Gasteiger partial charge is 0.251 e. The van der Waals surface area contributed by atoms with Crippen molar-refractivity contribution < 1.29 is 22.7 Å². The molecule has 8 heteroatoms. The van der Waals surface area contributed by atoms with Gasteiger partial charge in [0.2, 0.25) is 10.0 Å². The minimum Gasteiger partial charge on any atom is -0.493 e. The molecule has 0 aromatic heterocycles. The van der Waals surface area contributed by atoms with E-state index in [1.165, 1.54) is 26.2 Å². The topological polar surface area (TPSA) is 84.9 Å². The maximum Gasteiger partial charge on any atom is 0.251 e. The fraction of sp³-hybridized carbons (Fsp3) is 0.350. The first kappa shape index (κ1) is 21.7. The van der Waals surface area contributed by atoms with Crippen molar-refractivity contribution in [3.05, 3.63) is 53.1 Å². The van der Waals surface area contributed by atoms with Crippen LogP contribution < -0.4 is 14.8 Å². The summed E-state index contributed by atoms with van der Waals surface area (Å²) in [6.45, 7) is 2.17. The molecule has 28 heavy (non-hydrogen) atoms. The van der Waals surface area contributed by atoms with E-state index in [4.69, 9.17) is 9.47 Å². The minimum absolute atomic E-state index is 0.0909. The second-order valence-corrected chi connectivity index (χ2v) is 8.61. The van der Waals surface area contributed by atoms with Gasteiger partial charge in [0, 0.05) is 26.2 Å². The summed E-state index contributed by atoms with van der Waals surface area (Å²) in [6, 6.07) is 10.1. The van der Waals surface area contributed by atoms with E-state index in [2.05, 4.69) is 5.32 Å². The molecule has 7 nitrogen and oxygen atoms in total. The lowest BCUT2D eigenvalue weighted by molar-refractivity contribution is 0.0953. The molecule has 0 aliphatic carbocycles. The summed E-state index contributed by atoms with van der Waals surface area (Å²) in [5, 5.41) is 2.84. The zero-order valence-corrected chi connectivity index (χ0v) is 17.6. The molecule has 0 saturated carbocycles. The van der Waals surface area contributed by atoms with Crippen LogP contribution in [0.2, 0.25) is 0 Å². The van der Waals surface area contributed by atoms with Crippen LogP contribution in [0.4, 0.5) is 0 Å². The first-order valence-electron chi connectivity index (χ1n) is 8.73. The fourth-order valence-electron chi connectivity index (χ4n) is 2.67. The van der Waals surface area contributed by atoms with E-state index in [0.29, 0.717) is 35.6 Å². The van der Waals surface area contributed by atoms with Gasteiger partial charge < -0.3 is 14.8 Å².